The molecule has 1 aromatic rings. The van der Waals surface area contributed by atoms with Crippen molar-refractivity contribution in [3.63, 3.8) is 0 Å². The first-order valence-electron chi connectivity index (χ1n) is 5.07. The van der Waals surface area contributed by atoms with Gasteiger partial charge in [0, 0.05) is 18.5 Å². The molecule has 1 amide bonds. The third-order valence-corrected chi connectivity index (χ3v) is 4.11. The molecule has 17 heavy (non-hydrogen) atoms. The predicted octanol–water partition coefficient (Wildman–Crippen LogP) is 2.61. The Bertz CT molecular complexity index is 444. The van der Waals surface area contributed by atoms with Crippen molar-refractivity contribution < 1.29 is 14.7 Å². The summed E-state index contributed by atoms with van der Waals surface area (Å²) in [5.74, 6) is -1.62. The number of carbonyl (C=O) groups is 2. The van der Waals surface area contributed by atoms with E-state index in [2.05, 4.69) is 15.9 Å². The number of carbonyl (C=O) groups excluding carboxylic acids is 1. The molecule has 1 atom stereocenters. The number of aliphatic carboxylic acids is 1. The largest absolute Gasteiger partial charge is 0.481 e. The summed E-state index contributed by atoms with van der Waals surface area (Å²) in [6.07, 6.45) is 0. The van der Waals surface area contributed by atoms with Crippen molar-refractivity contribution in [3.05, 3.63) is 20.3 Å². The normalized spacial score (nSPS) is 12.2. The first-order chi connectivity index (χ1) is 7.82. The van der Waals surface area contributed by atoms with E-state index >= 15 is 0 Å². The Morgan fingerprint density at radius 2 is 2.18 bits per heavy atom. The Morgan fingerprint density at radius 3 is 2.59 bits per heavy atom. The molecule has 0 fully saturated rings. The number of amides is 1. The molecule has 1 aromatic heterocycles. The molecule has 0 saturated heterocycles. The SMILES string of the molecule is Cc1cc(C(=O)N(C)CC(C)C(=O)O)c(Br)s1. The highest BCUT2D eigenvalue weighted by Crippen LogP contribution is 2.28. The summed E-state index contributed by atoms with van der Waals surface area (Å²) in [5.41, 5.74) is 0.590. The molecule has 1 unspecified atom stereocenters. The molecular weight excluding hydrogens is 306 g/mol. The second-order valence-electron chi connectivity index (χ2n) is 3.97. The van der Waals surface area contributed by atoms with Gasteiger partial charge in [0.1, 0.15) is 0 Å². The van der Waals surface area contributed by atoms with Crippen molar-refractivity contribution >= 4 is 39.1 Å². The van der Waals surface area contributed by atoms with Gasteiger partial charge >= 0.3 is 5.97 Å². The van der Waals surface area contributed by atoms with Gasteiger partial charge in [0.2, 0.25) is 0 Å². The third kappa shape index (κ3) is 3.54. The maximum Gasteiger partial charge on any atom is 0.308 e. The minimum absolute atomic E-state index is 0.158. The summed E-state index contributed by atoms with van der Waals surface area (Å²) < 4.78 is 0.787. The van der Waals surface area contributed by atoms with Crippen LogP contribution in [-0.4, -0.2) is 35.5 Å². The molecule has 0 aliphatic rings. The molecule has 94 valence electrons. The molecule has 0 bridgehead atoms. The molecule has 1 heterocycles. The van der Waals surface area contributed by atoms with E-state index in [1.807, 2.05) is 6.92 Å². The van der Waals surface area contributed by atoms with Crippen LogP contribution in [0.1, 0.15) is 22.2 Å². The van der Waals surface area contributed by atoms with Crippen LogP contribution in [0.2, 0.25) is 0 Å². The molecule has 0 aromatic carbocycles. The van der Waals surface area contributed by atoms with E-state index in [-0.39, 0.29) is 12.5 Å². The highest BCUT2D eigenvalue weighted by molar-refractivity contribution is 9.11. The van der Waals surface area contributed by atoms with Gasteiger partial charge in [-0.05, 0) is 28.9 Å². The zero-order chi connectivity index (χ0) is 13.2. The van der Waals surface area contributed by atoms with Crippen molar-refractivity contribution in [2.45, 2.75) is 13.8 Å². The van der Waals surface area contributed by atoms with Crippen LogP contribution in [-0.2, 0) is 4.79 Å². The fraction of sp³-hybridized carbons (Fsp3) is 0.455. The van der Waals surface area contributed by atoms with Crippen molar-refractivity contribution in [2.75, 3.05) is 13.6 Å². The van der Waals surface area contributed by atoms with E-state index in [0.717, 1.165) is 8.66 Å². The van der Waals surface area contributed by atoms with Gasteiger partial charge in [0.05, 0.1) is 15.3 Å². The molecule has 0 aliphatic carbocycles. The lowest BCUT2D eigenvalue weighted by Crippen LogP contribution is -2.33. The first-order valence-corrected chi connectivity index (χ1v) is 6.68. The van der Waals surface area contributed by atoms with Crippen molar-refractivity contribution in [1.29, 1.82) is 0 Å². The third-order valence-electron chi connectivity index (χ3n) is 2.36. The second-order valence-corrected chi connectivity index (χ2v) is 6.54. The lowest BCUT2D eigenvalue weighted by atomic mass is 10.1. The summed E-state index contributed by atoms with van der Waals surface area (Å²) in [6, 6.07) is 1.80. The monoisotopic (exact) mass is 319 g/mol. The molecule has 0 spiro atoms. The van der Waals surface area contributed by atoms with Crippen LogP contribution in [0.4, 0.5) is 0 Å². The molecule has 1 N–H and O–H groups in total. The average molecular weight is 320 g/mol. The fourth-order valence-corrected chi connectivity index (χ4v) is 3.17. The van der Waals surface area contributed by atoms with Crippen LogP contribution < -0.4 is 0 Å². The maximum atomic E-state index is 12.0. The second kappa shape index (κ2) is 5.64. The quantitative estimate of drug-likeness (QED) is 0.928. The molecule has 4 nitrogen and oxygen atoms in total. The van der Waals surface area contributed by atoms with E-state index in [1.54, 1.807) is 20.0 Å². The predicted molar refractivity (Wildman–Crippen MR) is 70.5 cm³/mol. The summed E-state index contributed by atoms with van der Waals surface area (Å²) in [5, 5.41) is 8.80. The fourth-order valence-electron chi connectivity index (χ4n) is 1.41. The van der Waals surface area contributed by atoms with E-state index in [9.17, 15) is 9.59 Å². The van der Waals surface area contributed by atoms with Gasteiger partial charge in [0.15, 0.2) is 0 Å². The van der Waals surface area contributed by atoms with Gasteiger partial charge < -0.3 is 10.0 Å². The molecule has 0 radical (unpaired) electrons. The van der Waals surface area contributed by atoms with Crippen LogP contribution >= 0.6 is 27.3 Å². The number of rotatable bonds is 4. The van der Waals surface area contributed by atoms with Gasteiger partial charge in [-0.15, -0.1) is 11.3 Å². The zero-order valence-electron chi connectivity index (χ0n) is 9.86. The molecule has 6 heteroatoms. The molecule has 1 rings (SSSR count). The Kier molecular flexibility index (Phi) is 4.70. The van der Waals surface area contributed by atoms with Crippen LogP contribution in [0.15, 0.2) is 9.85 Å². The molecule has 0 saturated carbocycles. The molecule has 0 aliphatic heterocycles. The minimum Gasteiger partial charge on any atom is -0.481 e. The van der Waals surface area contributed by atoms with Crippen molar-refractivity contribution in [1.82, 2.24) is 4.90 Å². The Hall–Kier alpha value is -0.880. The number of hydrogen-bond acceptors (Lipinski definition) is 3. The number of halogens is 1. The van der Waals surface area contributed by atoms with Crippen LogP contribution in [0, 0.1) is 12.8 Å². The lowest BCUT2D eigenvalue weighted by Gasteiger charge is -2.19. The van der Waals surface area contributed by atoms with Crippen molar-refractivity contribution in [2.24, 2.45) is 5.92 Å². The smallest absolute Gasteiger partial charge is 0.308 e. The van der Waals surface area contributed by atoms with Crippen LogP contribution in [0.3, 0.4) is 0 Å². The van der Waals surface area contributed by atoms with E-state index in [4.69, 9.17) is 5.11 Å². The maximum absolute atomic E-state index is 12.0. The molecular formula is C11H14BrNO3S. The van der Waals surface area contributed by atoms with Crippen molar-refractivity contribution in [3.8, 4) is 0 Å². The summed E-state index contributed by atoms with van der Waals surface area (Å²) >= 11 is 4.83. The summed E-state index contributed by atoms with van der Waals surface area (Å²) in [7, 11) is 1.61. The Labute approximate surface area is 112 Å². The summed E-state index contributed by atoms with van der Waals surface area (Å²) in [6.45, 7) is 3.71. The minimum atomic E-state index is -0.898. The number of carboxylic acid groups (broad SMARTS) is 1. The standard InChI is InChI=1S/C11H14BrNO3S/c1-6(11(15)16)5-13(3)10(14)8-4-7(2)17-9(8)12/h4,6H,5H2,1-3H3,(H,15,16). The van der Waals surface area contributed by atoms with Gasteiger partial charge in [-0.25, -0.2) is 0 Å². The highest BCUT2D eigenvalue weighted by atomic mass is 79.9. The van der Waals surface area contributed by atoms with Gasteiger partial charge in [-0.3, -0.25) is 9.59 Å². The Morgan fingerprint density at radius 1 is 1.59 bits per heavy atom. The zero-order valence-corrected chi connectivity index (χ0v) is 12.3. The highest BCUT2D eigenvalue weighted by Gasteiger charge is 2.21. The van der Waals surface area contributed by atoms with Gasteiger partial charge in [-0.2, -0.15) is 0 Å². The number of carboxylic acids is 1. The first kappa shape index (κ1) is 14.2. The average Bonchev–Trinajstić information content (AvgIpc) is 2.56. The topological polar surface area (TPSA) is 57.6 Å². The number of nitrogens with zero attached hydrogens (tertiary/aromatic N) is 1. The number of hydrogen-bond donors (Lipinski definition) is 1. The Balaban J connectivity index is 2.77. The van der Waals surface area contributed by atoms with Gasteiger partial charge in [0.25, 0.3) is 5.91 Å². The van der Waals surface area contributed by atoms with E-state index < -0.39 is 11.9 Å². The van der Waals surface area contributed by atoms with E-state index in [0.29, 0.717) is 5.56 Å². The number of aryl methyl sites for hydroxylation is 1. The van der Waals surface area contributed by atoms with Crippen LogP contribution in [0.25, 0.3) is 0 Å². The van der Waals surface area contributed by atoms with E-state index in [1.165, 1.54) is 16.2 Å². The lowest BCUT2D eigenvalue weighted by molar-refractivity contribution is -0.141. The summed E-state index contributed by atoms with van der Waals surface area (Å²) in [4.78, 5) is 25.2. The van der Waals surface area contributed by atoms with Crippen LogP contribution in [0.5, 0.6) is 0 Å². The van der Waals surface area contributed by atoms with Gasteiger partial charge in [-0.1, -0.05) is 6.92 Å². The number of thiophene rings is 1.